The first kappa shape index (κ1) is 14.6. The summed E-state index contributed by atoms with van der Waals surface area (Å²) in [5, 5.41) is 5.66. The van der Waals surface area contributed by atoms with Gasteiger partial charge in [0.25, 0.3) is 0 Å². The first-order chi connectivity index (χ1) is 9.46. The highest BCUT2D eigenvalue weighted by Gasteiger charge is 2.32. The molecule has 1 amide bonds. The molecule has 0 spiro atoms. The molecule has 1 heterocycles. The molecule has 4 nitrogen and oxygen atoms in total. The Kier molecular flexibility index (Phi) is 4.49. The number of para-hydroxylation sites is 1. The fraction of sp³-hybridized carbons (Fsp3) is 0.462. The smallest absolute Gasteiger partial charge is 0.405 e. The van der Waals surface area contributed by atoms with Gasteiger partial charge in [0.2, 0.25) is 5.91 Å². The van der Waals surface area contributed by atoms with Crippen molar-refractivity contribution in [1.82, 2.24) is 10.6 Å². The molecule has 0 bridgehead atoms. The van der Waals surface area contributed by atoms with Crippen LogP contribution in [-0.2, 0) is 11.3 Å². The van der Waals surface area contributed by atoms with Gasteiger partial charge in [-0.25, -0.2) is 0 Å². The number of hydrogen-bond donors (Lipinski definition) is 2. The molecule has 1 aliphatic heterocycles. The van der Waals surface area contributed by atoms with Crippen LogP contribution in [-0.4, -0.2) is 24.9 Å². The van der Waals surface area contributed by atoms with Crippen LogP contribution >= 0.6 is 0 Å². The number of carbonyl (C=O) groups is 1. The van der Waals surface area contributed by atoms with Gasteiger partial charge in [0.1, 0.15) is 5.75 Å². The van der Waals surface area contributed by atoms with Crippen LogP contribution in [0.4, 0.5) is 13.2 Å². The van der Waals surface area contributed by atoms with Gasteiger partial charge in [-0.2, -0.15) is 0 Å². The molecule has 110 valence electrons. The molecule has 1 fully saturated rings. The lowest BCUT2D eigenvalue weighted by Gasteiger charge is -2.23. The third-order valence-electron chi connectivity index (χ3n) is 3.02. The van der Waals surface area contributed by atoms with Crippen molar-refractivity contribution in [3.8, 4) is 5.75 Å². The minimum absolute atomic E-state index is 0.120. The van der Waals surface area contributed by atoms with Crippen molar-refractivity contribution in [2.45, 2.75) is 31.8 Å². The van der Waals surface area contributed by atoms with E-state index < -0.39 is 6.36 Å². The van der Waals surface area contributed by atoms with E-state index >= 15 is 0 Å². The second-order valence-electron chi connectivity index (χ2n) is 4.52. The predicted octanol–water partition coefficient (Wildman–Crippen LogP) is 1.95. The molecule has 0 radical (unpaired) electrons. The Morgan fingerprint density at radius 3 is 2.80 bits per heavy atom. The van der Waals surface area contributed by atoms with E-state index in [4.69, 9.17) is 0 Å². The van der Waals surface area contributed by atoms with Crippen LogP contribution in [0, 0.1) is 0 Å². The number of nitrogens with one attached hydrogen (secondary N) is 2. The van der Waals surface area contributed by atoms with Crippen molar-refractivity contribution in [3.63, 3.8) is 0 Å². The van der Waals surface area contributed by atoms with Crippen LogP contribution in [0.25, 0.3) is 0 Å². The van der Waals surface area contributed by atoms with E-state index in [-0.39, 0.29) is 24.2 Å². The predicted molar refractivity (Wildman–Crippen MR) is 66.0 cm³/mol. The van der Waals surface area contributed by atoms with Gasteiger partial charge in [0.15, 0.2) is 0 Å². The number of piperidine rings is 1. The van der Waals surface area contributed by atoms with Gasteiger partial charge in [0.05, 0.1) is 6.04 Å². The molecule has 1 aliphatic rings. The summed E-state index contributed by atoms with van der Waals surface area (Å²) in [5.41, 5.74) is 0.364. The summed E-state index contributed by atoms with van der Waals surface area (Å²) in [6, 6.07) is 5.52. The number of hydrogen-bond acceptors (Lipinski definition) is 3. The number of benzene rings is 1. The van der Waals surface area contributed by atoms with Crippen LogP contribution in [0.15, 0.2) is 24.3 Å². The molecular formula is C13H15F3N2O2. The molecule has 7 heteroatoms. The van der Waals surface area contributed by atoms with E-state index in [0.29, 0.717) is 18.5 Å². The fourth-order valence-corrected chi connectivity index (χ4v) is 2.07. The number of ether oxygens (including phenoxy) is 1. The highest BCUT2D eigenvalue weighted by atomic mass is 19.4. The zero-order valence-electron chi connectivity index (χ0n) is 10.7. The van der Waals surface area contributed by atoms with Crippen LogP contribution < -0.4 is 15.4 Å². The second kappa shape index (κ2) is 6.13. The summed E-state index contributed by atoms with van der Waals surface area (Å²) in [5.74, 6) is -0.366. The minimum Gasteiger partial charge on any atom is -0.405 e. The molecular weight excluding hydrogens is 273 g/mol. The molecule has 1 aromatic carbocycles. The van der Waals surface area contributed by atoms with Crippen LogP contribution in [0.2, 0.25) is 0 Å². The average Bonchev–Trinajstić information content (AvgIpc) is 2.37. The van der Waals surface area contributed by atoms with E-state index in [1.54, 1.807) is 6.07 Å². The maximum atomic E-state index is 12.3. The quantitative estimate of drug-likeness (QED) is 0.890. The van der Waals surface area contributed by atoms with Gasteiger partial charge in [-0.15, -0.1) is 13.2 Å². The lowest BCUT2D eigenvalue weighted by molar-refractivity contribution is -0.274. The third kappa shape index (κ3) is 4.12. The van der Waals surface area contributed by atoms with E-state index in [9.17, 15) is 18.0 Å². The van der Waals surface area contributed by atoms with Crippen molar-refractivity contribution in [1.29, 1.82) is 0 Å². The Hall–Kier alpha value is -1.76. The van der Waals surface area contributed by atoms with E-state index in [2.05, 4.69) is 15.4 Å². The summed E-state index contributed by atoms with van der Waals surface area (Å²) in [7, 11) is 0. The van der Waals surface area contributed by atoms with Crippen LogP contribution in [0.3, 0.4) is 0 Å². The summed E-state index contributed by atoms with van der Waals surface area (Å²) in [6.45, 7) is 0.787. The zero-order chi connectivity index (χ0) is 14.6. The molecule has 1 unspecified atom stereocenters. The van der Waals surface area contributed by atoms with Crippen molar-refractivity contribution in [2.75, 3.05) is 6.54 Å². The van der Waals surface area contributed by atoms with Crippen molar-refractivity contribution in [2.24, 2.45) is 0 Å². The lowest BCUT2D eigenvalue weighted by atomic mass is 10.1. The topological polar surface area (TPSA) is 50.4 Å². The van der Waals surface area contributed by atoms with Crippen molar-refractivity contribution >= 4 is 5.91 Å². The van der Waals surface area contributed by atoms with Gasteiger partial charge in [0, 0.05) is 18.7 Å². The van der Waals surface area contributed by atoms with E-state index in [1.807, 2.05) is 0 Å². The van der Waals surface area contributed by atoms with Crippen molar-refractivity contribution in [3.05, 3.63) is 29.8 Å². The molecule has 1 saturated heterocycles. The number of alkyl halides is 3. The molecule has 2 rings (SSSR count). The first-order valence-corrected chi connectivity index (χ1v) is 6.30. The highest BCUT2D eigenvalue weighted by Crippen LogP contribution is 2.26. The molecule has 2 N–H and O–H groups in total. The van der Waals surface area contributed by atoms with E-state index in [0.717, 1.165) is 6.42 Å². The zero-order valence-corrected chi connectivity index (χ0v) is 10.7. The Bertz CT molecular complexity index is 477. The van der Waals surface area contributed by atoms with Gasteiger partial charge < -0.3 is 15.4 Å². The average molecular weight is 288 g/mol. The van der Waals surface area contributed by atoms with E-state index in [1.165, 1.54) is 18.2 Å². The van der Waals surface area contributed by atoms with Gasteiger partial charge in [-0.05, 0) is 18.9 Å². The van der Waals surface area contributed by atoms with Gasteiger partial charge >= 0.3 is 6.36 Å². The maximum Gasteiger partial charge on any atom is 0.573 e. The molecule has 20 heavy (non-hydrogen) atoms. The first-order valence-electron chi connectivity index (χ1n) is 6.30. The number of carbonyl (C=O) groups excluding carboxylic acids is 1. The number of amides is 1. The molecule has 0 aromatic heterocycles. The van der Waals surface area contributed by atoms with Crippen LogP contribution in [0.1, 0.15) is 18.4 Å². The van der Waals surface area contributed by atoms with Crippen molar-refractivity contribution < 1.29 is 22.7 Å². The summed E-state index contributed by atoms with van der Waals surface area (Å²) >= 11 is 0. The third-order valence-corrected chi connectivity index (χ3v) is 3.02. The summed E-state index contributed by atoms with van der Waals surface area (Å²) in [6.07, 6.45) is -3.20. The highest BCUT2D eigenvalue weighted by molar-refractivity contribution is 5.82. The number of rotatable bonds is 4. The molecule has 0 saturated carbocycles. The lowest BCUT2D eigenvalue weighted by Crippen LogP contribution is -2.47. The minimum atomic E-state index is -4.72. The van der Waals surface area contributed by atoms with Gasteiger partial charge in [-0.3, -0.25) is 4.79 Å². The second-order valence-corrected chi connectivity index (χ2v) is 4.52. The summed E-state index contributed by atoms with van der Waals surface area (Å²) in [4.78, 5) is 11.5. The SMILES string of the molecule is O=C1NCCCC1NCc1ccccc1OC(F)(F)F. The molecule has 1 aromatic rings. The summed E-state index contributed by atoms with van der Waals surface area (Å²) < 4.78 is 40.8. The number of halogens is 3. The Morgan fingerprint density at radius 1 is 1.35 bits per heavy atom. The maximum absolute atomic E-state index is 12.3. The molecule has 1 atom stereocenters. The van der Waals surface area contributed by atoms with Crippen LogP contribution in [0.5, 0.6) is 5.75 Å². The Morgan fingerprint density at radius 2 is 2.10 bits per heavy atom. The molecule has 0 aliphatic carbocycles. The largest absolute Gasteiger partial charge is 0.573 e. The monoisotopic (exact) mass is 288 g/mol. The van der Waals surface area contributed by atoms with Gasteiger partial charge in [-0.1, -0.05) is 18.2 Å². The standard InChI is InChI=1S/C13H15F3N2O2/c14-13(15,16)20-11-6-2-1-4-9(11)8-18-10-5-3-7-17-12(10)19/h1-2,4,6,10,18H,3,5,7-8H2,(H,17,19). The Balaban J connectivity index is 2.00. The Labute approximate surface area is 114 Å². The fourth-order valence-electron chi connectivity index (χ4n) is 2.07. The normalized spacial score (nSPS) is 19.6.